The quantitative estimate of drug-likeness (QED) is 0.723. The zero-order chi connectivity index (χ0) is 13.5. The van der Waals surface area contributed by atoms with E-state index < -0.39 is 0 Å². The SMILES string of the molecule is C=CCN(CC)C(=O)COc1cc(C)ccc1C. The molecule has 0 aliphatic rings. The summed E-state index contributed by atoms with van der Waals surface area (Å²) in [6.45, 7) is 10.9. The van der Waals surface area contributed by atoms with Crippen LogP contribution in [0, 0.1) is 13.8 Å². The van der Waals surface area contributed by atoms with Crippen LogP contribution in [0.25, 0.3) is 0 Å². The molecule has 98 valence electrons. The highest BCUT2D eigenvalue weighted by Gasteiger charge is 2.11. The van der Waals surface area contributed by atoms with Crippen molar-refractivity contribution in [3.8, 4) is 5.75 Å². The van der Waals surface area contributed by atoms with E-state index in [0.29, 0.717) is 13.1 Å². The molecular formula is C15H21NO2. The van der Waals surface area contributed by atoms with Gasteiger partial charge in [-0.1, -0.05) is 18.2 Å². The van der Waals surface area contributed by atoms with E-state index in [0.717, 1.165) is 16.9 Å². The Kier molecular flexibility index (Phi) is 5.43. The van der Waals surface area contributed by atoms with E-state index in [1.165, 1.54) is 0 Å². The van der Waals surface area contributed by atoms with Gasteiger partial charge in [-0.3, -0.25) is 4.79 Å². The van der Waals surface area contributed by atoms with Gasteiger partial charge in [0.05, 0.1) is 0 Å². The van der Waals surface area contributed by atoms with Crippen LogP contribution in [0.15, 0.2) is 30.9 Å². The number of rotatable bonds is 6. The Morgan fingerprint density at radius 3 is 2.78 bits per heavy atom. The van der Waals surface area contributed by atoms with Crippen molar-refractivity contribution in [2.45, 2.75) is 20.8 Å². The molecule has 0 heterocycles. The second-order valence-electron chi connectivity index (χ2n) is 4.28. The van der Waals surface area contributed by atoms with Gasteiger partial charge in [0.25, 0.3) is 5.91 Å². The molecule has 1 amide bonds. The van der Waals surface area contributed by atoms with Gasteiger partial charge in [0.2, 0.25) is 0 Å². The molecule has 0 atom stereocenters. The third-order valence-corrected chi connectivity index (χ3v) is 2.78. The summed E-state index contributed by atoms with van der Waals surface area (Å²) in [5.74, 6) is 0.760. The fourth-order valence-electron chi connectivity index (χ4n) is 1.66. The maximum absolute atomic E-state index is 11.9. The number of nitrogens with zero attached hydrogens (tertiary/aromatic N) is 1. The van der Waals surface area contributed by atoms with Crippen molar-refractivity contribution in [3.63, 3.8) is 0 Å². The highest BCUT2D eigenvalue weighted by molar-refractivity contribution is 5.77. The summed E-state index contributed by atoms with van der Waals surface area (Å²) >= 11 is 0. The summed E-state index contributed by atoms with van der Waals surface area (Å²) in [5, 5.41) is 0. The van der Waals surface area contributed by atoms with Gasteiger partial charge in [-0.05, 0) is 38.0 Å². The molecule has 0 spiro atoms. The lowest BCUT2D eigenvalue weighted by molar-refractivity contribution is -0.132. The number of likely N-dealkylation sites (N-methyl/N-ethyl adjacent to an activating group) is 1. The summed E-state index contributed by atoms with van der Waals surface area (Å²) in [5.41, 5.74) is 2.17. The van der Waals surface area contributed by atoms with Crippen molar-refractivity contribution in [2.24, 2.45) is 0 Å². The summed E-state index contributed by atoms with van der Waals surface area (Å²) in [6, 6.07) is 5.98. The van der Waals surface area contributed by atoms with Gasteiger partial charge in [-0.2, -0.15) is 0 Å². The third kappa shape index (κ3) is 3.91. The fourth-order valence-corrected chi connectivity index (χ4v) is 1.66. The van der Waals surface area contributed by atoms with E-state index in [-0.39, 0.29) is 12.5 Å². The highest BCUT2D eigenvalue weighted by Crippen LogP contribution is 2.18. The molecule has 0 aromatic heterocycles. The highest BCUT2D eigenvalue weighted by atomic mass is 16.5. The summed E-state index contributed by atoms with van der Waals surface area (Å²) in [6.07, 6.45) is 1.72. The van der Waals surface area contributed by atoms with Crippen LogP contribution in [0.5, 0.6) is 5.75 Å². The van der Waals surface area contributed by atoms with E-state index in [2.05, 4.69) is 6.58 Å². The van der Waals surface area contributed by atoms with Crippen LogP contribution < -0.4 is 4.74 Å². The molecule has 18 heavy (non-hydrogen) atoms. The molecule has 1 aromatic rings. The second-order valence-corrected chi connectivity index (χ2v) is 4.28. The van der Waals surface area contributed by atoms with Crippen LogP contribution in [-0.2, 0) is 4.79 Å². The first-order chi connectivity index (χ1) is 8.58. The van der Waals surface area contributed by atoms with Crippen LogP contribution in [0.4, 0.5) is 0 Å². The molecule has 1 aromatic carbocycles. The topological polar surface area (TPSA) is 29.5 Å². The van der Waals surface area contributed by atoms with Crippen LogP contribution in [0.2, 0.25) is 0 Å². The Bertz CT molecular complexity index is 427. The zero-order valence-electron chi connectivity index (χ0n) is 11.4. The van der Waals surface area contributed by atoms with Crippen molar-refractivity contribution < 1.29 is 9.53 Å². The minimum absolute atomic E-state index is 0.0155. The Balaban J connectivity index is 2.61. The Morgan fingerprint density at radius 2 is 2.17 bits per heavy atom. The van der Waals surface area contributed by atoms with Crippen LogP contribution in [0.3, 0.4) is 0 Å². The van der Waals surface area contributed by atoms with E-state index in [4.69, 9.17) is 4.74 Å². The maximum atomic E-state index is 11.9. The van der Waals surface area contributed by atoms with Crippen molar-refractivity contribution in [3.05, 3.63) is 42.0 Å². The molecule has 3 heteroatoms. The normalized spacial score (nSPS) is 9.94. The lowest BCUT2D eigenvalue weighted by Crippen LogP contribution is -2.34. The van der Waals surface area contributed by atoms with E-state index in [9.17, 15) is 4.79 Å². The number of amides is 1. The van der Waals surface area contributed by atoms with Gasteiger partial charge >= 0.3 is 0 Å². The predicted octanol–water partition coefficient (Wildman–Crippen LogP) is 2.72. The average molecular weight is 247 g/mol. The maximum Gasteiger partial charge on any atom is 0.260 e. The van der Waals surface area contributed by atoms with Crippen LogP contribution in [-0.4, -0.2) is 30.5 Å². The standard InChI is InChI=1S/C15H21NO2/c1-5-9-16(6-2)15(17)11-18-14-10-12(3)7-8-13(14)4/h5,7-8,10H,1,6,9,11H2,2-4H3. The first-order valence-electron chi connectivity index (χ1n) is 6.17. The average Bonchev–Trinajstić information content (AvgIpc) is 2.36. The smallest absolute Gasteiger partial charge is 0.260 e. The molecule has 0 radical (unpaired) electrons. The van der Waals surface area contributed by atoms with Crippen molar-refractivity contribution >= 4 is 5.91 Å². The molecule has 3 nitrogen and oxygen atoms in total. The first-order valence-corrected chi connectivity index (χ1v) is 6.17. The minimum Gasteiger partial charge on any atom is -0.483 e. The van der Waals surface area contributed by atoms with Gasteiger partial charge in [-0.15, -0.1) is 6.58 Å². The summed E-state index contributed by atoms with van der Waals surface area (Å²) in [7, 11) is 0. The van der Waals surface area contributed by atoms with Crippen LogP contribution >= 0.6 is 0 Å². The van der Waals surface area contributed by atoms with Crippen LogP contribution in [0.1, 0.15) is 18.1 Å². The summed E-state index contributed by atoms with van der Waals surface area (Å²) in [4.78, 5) is 13.6. The number of aryl methyl sites for hydroxylation is 2. The lowest BCUT2D eigenvalue weighted by atomic mass is 10.1. The number of carbonyl (C=O) groups excluding carboxylic acids is 1. The molecule has 0 bridgehead atoms. The second kappa shape index (κ2) is 6.84. The van der Waals surface area contributed by atoms with Crippen molar-refractivity contribution in [1.29, 1.82) is 0 Å². The lowest BCUT2D eigenvalue weighted by Gasteiger charge is -2.19. The fraction of sp³-hybridized carbons (Fsp3) is 0.400. The molecule has 0 N–H and O–H groups in total. The molecule has 0 saturated heterocycles. The van der Waals surface area contributed by atoms with Gasteiger partial charge in [0.1, 0.15) is 5.75 Å². The van der Waals surface area contributed by atoms with E-state index >= 15 is 0 Å². The number of hydrogen-bond donors (Lipinski definition) is 0. The van der Waals surface area contributed by atoms with Gasteiger partial charge in [-0.25, -0.2) is 0 Å². The largest absolute Gasteiger partial charge is 0.483 e. The number of ether oxygens (including phenoxy) is 1. The van der Waals surface area contributed by atoms with E-state index in [1.807, 2.05) is 39.0 Å². The van der Waals surface area contributed by atoms with Gasteiger partial charge in [0, 0.05) is 13.1 Å². The first kappa shape index (κ1) is 14.3. The molecule has 0 aliphatic carbocycles. The molecule has 0 fully saturated rings. The molecule has 0 saturated carbocycles. The van der Waals surface area contributed by atoms with Gasteiger partial charge in [0.15, 0.2) is 6.61 Å². The molecule has 0 unspecified atom stereocenters. The van der Waals surface area contributed by atoms with Gasteiger partial charge < -0.3 is 9.64 Å². The Labute approximate surface area is 109 Å². The molecule has 0 aliphatic heterocycles. The van der Waals surface area contributed by atoms with Crippen molar-refractivity contribution in [2.75, 3.05) is 19.7 Å². The number of benzene rings is 1. The molecule has 1 rings (SSSR count). The minimum atomic E-state index is -0.0155. The van der Waals surface area contributed by atoms with E-state index in [1.54, 1.807) is 11.0 Å². The summed E-state index contributed by atoms with van der Waals surface area (Å²) < 4.78 is 5.58. The number of hydrogen-bond acceptors (Lipinski definition) is 2. The zero-order valence-corrected chi connectivity index (χ0v) is 11.4. The Hall–Kier alpha value is -1.77. The predicted molar refractivity (Wildman–Crippen MR) is 73.9 cm³/mol. The third-order valence-electron chi connectivity index (χ3n) is 2.78. The Morgan fingerprint density at radius 1 is 1.44 bits per heavy atom. The monoisotopic (exact) mass is 247 g/mol. The number of carbonyl (C=O) groups is 1. The van der Waals surface area contributed by atoms with Crippen molar-refractivity contribution in [1.82, 2.24) is 4.90 Å². The molecular weight excluding hydrogens is 226 g/mol.